The van der Waals surface area contributed by atoms with E-state index in [1.54, 1.807) is 0 Å². The van der Waals surface area contributed by atoms with Crippen molar-refractivity contribution >= 4 is 5.97 Å². The maximum atomic E-state index is 11.3. The summed E-state index contributed by atoms with van der Waals surface area (Å²) in [7, 11) is 0. The molecule has 0 saturated carbocycles. The summed E-state index contributed by atoms with van der Waals surface area (Å²) in [6.45, 7) is 3.34. The second-order valence-corrected chi connectivity index (χ2v) is 6.77. The fourth-order valence-corrected chi connectivity index (χ4v) is 2.84. The van der Waals surface area contributed by atoms with E-state index in [0.29, 0.717) is 45.7 Å². The first-order valence-corrected chi connectivity index (χ1v) is 9.72. The monoisotopic (exact) mass is 386 g/mol. The Bertz CT molecular complexity index is 659. The lowest BCUT2D eigenvalue weighted by Crippen LogP contribution is -2.25. The summed E-state index contributed by atoms with van der Waals surface area (Å²) in [6, 6.07) is 19.8. The minimum Gasteiger partial charge on any atom is -0.462 e. The topological polar surface area (TPSA) is 65.0 Å². The van der Waals surface area contributed by atoms with Gasteiger partial charge in [0, 0.05) is 26.4 Å². The molecule has 0 radical (unpaired) electrons. The van der Waals surface area contributed by atoms with E-state index in [4.69, 9.17) is 14.2 Å². The normalized spacial score (nSPS) is 13.1. The highest BCUT2D eigenvalue weighted by Crippen LogP contribution is 2.12. The Morgan fingerprint density at radius 2 is 1.36 bits per heavy atom. The lowest BCUT2D eigenvalue weighted by atomic mass is 10.1. The van der Waals surface area contributed by atoms with Gasteiger partial charge in [-0.15, -0.1) is 0 Å². The molecular formula is C23H30O5. The van der Waals surface area contributed by atoms with E-state index >= 15 is 0 Å². The summed E-state index contributed by atoms with van der Waals surface area (Å²) >= 11 is 0. The summed E-state index contributed by atoms with van der Waals surface area (Å²) in [5.41, 5.74) is 2.20. The standard InChI is InChI=1S/C23H30O5/c1-19(24)28-23(13-15-27-18-21-10-6-3-7-11-21)16-22(25)12-14-26-17-20-8-4-2-5-9-20/h2-11,22-23,25H,12-18H2,1H3/t22-,23+/m1/s1. The molecule has 0 aliphatic heterocycles. The number of carbonyl (C=O) groups is 1. The second kappa shape index (κ2) is 13.0. The van der Waals surface area contributed by atoms with Crippen LogP contribution < -0.4 is 0 Å². The maximum Gasteiger partial charge on any atom is 0.302 e. The molecule has 5 nitrogen and oxygen atoms in total. The van der Waals surface area contributed by atoms with Crippen LogP contribution >= 0.6 is 0 Å². The first-order valence-electron chi connectivity index (χ1n) is 9.72. The van der Waals surface area contributed by atoms with Crippen LogP contribution in [0.4, 0.5) is 0 Å². The molecular weight excluding hydrogens is 356 g/mol. The van der Waals surface area contributed by atoms with Crippen molar-refractivity contribution in [2.24, 2.45) is 0 Å². The van der Waals surface area contributed by atoms with Crippen molar-refractivity contribution in [3.05, 3.63) is 71.8 Å². The third kappa shape index (κ3) is 9.65. The highest BCUT2D eigenvalue weighted by atomic mass is 16.5. The van der Waals surface area contributed by atoms with Crippen LogP contribution in [0, 0.1) is 0 Å². The Kier molecular flexibility index (Phi) is 10.3. The van der Waals surface area contributed by atoms with E-state index in [1.165, 1.54) is 6.92 Å². The third-order valence-electron chi connectivity index (χ3n) is 4.27. The summed E-state index contributed by atoms with van der Waals surface area (Å²) in [4.78, 5) is 11.3. The highest BCUT2D eigenvalue weighted by Gasteiger charge is 2.17. The van der Waals surface area contributed by atoms with E-state index in [9.17, 15) is 9.90 Å². The van der Waals surface area contributed by atoms with Crippen LogP contribution in [0.25, 0.3) is 0 Å². The smallest absolute Gasteiger partial charge is 0.302 e. The Balaban J connectivity index is 1.64. The van der Waals surface area contributed by atoms with E-state index in [0.717, 1.165) is 11.1 Å². The van der Waals surface area contributed by atoms with Gasteiger partial charge in [-0.05, 0) is 17.5 Å². The fraction of sp³-hybridized carbons (Fsp3) is 0.435. The molecule has 2 rings (SSSR count). The molecule has 0 aliphatic carbocycles. The van der Waals surface area contributed by atoms with E-state index in [1.807, 2.05) is 60.7 Å². The predicted molar refractivity (Wildman–Crippen MR) is 108 cm³/mol. The SMILES string of the molecule is CC(=O)O[C@@H](CCOCc1ccccc1)C[C@H](O)CCOCc1ccccc1. The molecule has 2 atom stereocenters. The second-order valence-electron chi connectivity index (χ2n) is 6.77. The number of hydrogen-bond donors (Lipinski definition) is 1. The van der Waals surface area contributed by atoms with Crippen molar-refractivity contribution in [2.75, 3.05) is 13.2 Å². The molecule has 0 saturated heterocycles. The number of carbonyl (C=O) groups excluding carboxylic acids is 1. The molecule has 2 aromatic carbocycles. The lowest BCUT2D eigenvalue weighted by molar-refractivity contribution is -0.148. The zero-order valence-electron chi connectivity index (χ0n) is 16.5. The Hall–Kier alpha value is -2.21. The predicted octanol–water partition coefficient (Wildman–Crippen LogP) is 3.88. The molecule has 5 heteroatoms. The molecule has 2 aromatic rings. The largest absolute Gasteiger partial charge is 0.462 e. The number of rotatable bonds is 13. The molecule has 0 bridgehead atoms. The molecule has 1 N–H and O–H groups in total. The first-order chi connectivity index (χ1) is 13.6. The molecule has 0 fully saturated rings. The molecule has 0 spiro atoms. The van der Waals surface area contributed by atoms with E-state index < -0.39 is 6.10 Å². The van der Waals surface area contributed by atoms with Gasteiger partial charge in [-0.25, -0.2) is 0 Å². The van der Waals surface area contributed by atoms with Crippen molar-refractivity contribution in [3.63, 3.8) is 0 Å². The van der Waals surface area contributed by atoms with Crippen LogP contribution in [0.15, 0.2) is 60.7 Å². The van der Waals surface area contributed by atoms with Crippen molar-refractivity contribution in [1.82, 2.24) is 0 Å². The minimum absolute atomic E-state index is 0.347. The molecule has 0 heterocycles. The maximum absolute atomic E-state index is 11.3. The Morgan fingerprint density at radius 1 is 0.857 bits per heavy atom. The Labute approximate surface area is 167 Å². The van der Waals surface area contributed by atoms with Crippen molar-refractivity contribution < 1.29 is 24.1 Å². The Morgan fingerprint density at radius 3 is 1.86 bits per heavy atom. The van der Waals surface area contributed by atoms with Crippen LogP contribution in [0.1, 0.15) is 37.3 Å². The van der Waals surface area contributed by atoms with E-state index in [-0.39, 0.29) is 12.1 Å². The summed E-state index contributed by atoms with van der Waals surface area (Å²) in [5.74, 6) is -0.347. The number of aliphatic hydroxyl groups excluding tert-OH is 1. The van der Waals surface area contributed by atoms with Gasteiger partial charge < -0.3 is 19.3 Å². The lowest BCUT2D eigenvalue weighted by Gasteiger charge is -2.20. The van der Waals surface area contributed by atoms with Gasteiger partial charge in [0.1, 0.15) is 6.10 Å². The van der Waals surface area contributed by atoms with Gasteiger partial charge in [-0.3, -0.25) is 4.79 Å². The molecule has 0 unspecified atom stereocenters. The zero-order chi connectivity index (χ0) is 20.0. The molecule has 0 amide bonds. The molecule has 0 aromatic heterocycles. The van der Waals surface area contributed by atoms with Crippen LogP contribution in [0.5, 0.6) is 0 Å². The van der Waals surface area contributed by atoms with Crippen LogP contribution in [-0.4, -0.2) is 36.5 Å². The number of hydrogen-bond acceptors (Lipinski definition) is 5. The van der Waals surface area contributed by atoms with Crippen LogP contribution in [0.3, 0.4) is 0 Å². The molecule has 28 heavy (non-hydrogen) atoms. The van der Waals surface area contributed by atoms with Crippen molar-refractivity contribution in [2.45, 2.75) is 51.6 Å². The number of ether oxygens (including phenoxy) is 3. The minimum atomic E-state index is -0.589. The summed E-state index contributed by atoms with van der Waals surface area (Å²) in [6.07, 6.45) is 0.471. The number of esters is 1. The number of aliphatic hydroxyl groups is 1. The summed E-state index contributed by atoms with van der Waals surface area (Å²) in [5, 5.41) is 10.3. The van der Waals surface area contributed by atoms with Crippen molar-refractivity contribution in [1.29, 1.82) is 0 Å². The third-order valence-corrected chi connectivity index (χ3v) is 4.27. The quantitative estimate of drug-likeness (QED) is 0.418. The highest BCUT2D eigenvalue weighted by molar-refractivity contribution is 5.66. The first kappa shape index (κ1) is 22.1. The fourth-order valence-electron chi connectivity index (χ4n) is 2.84. The average molecular weight is 386 g/mol. The van der Waals surface area contributed by atoms with Gasteiger partial charge in [0.05, 0.1) is 25.9 Å². The van der Waals surface area contributed by atoms with Gasteiger partial charge in [0.15, 0.2) is 0 Å². The van der Waals surface area contributed by atoms with Gasteiger partial charge in [-0.1, -0.05) is 60.7 Å². The van der Waals surface area contributed by atoms with Gasteiger partial charge >= 0.3 is 5.97 Å². The van der Waals surface area contributed by atoms with E-state index in [2.05, 4.69) is 0 Å². The molecule has 152 valence electrons. The average Bonchev–Trinajstić information content (AvgIpc) is 2.69. The van der Waals surface area contributed by atoms with Gasteiger partial charge in [-0.2, -0.15) is 0 Å². The van der Waals surface area contributed by atoms with Gasteiger partial charge in [0.2, 0.25) is 0 Å². The van der Waals surface area contributed by atoms with Crippen molar-refractivity contribution in [3.8, 4) is 0 Å². The number of benzene rings is 2. The van der Waals surface area contributed by atoms with Crippen LogP contribution in [-0.2, 0) is 32.2 Å². The zero-order valence-corrected chi connectivity index (χ0v) is 16.5. The van der Waals surface area contributed by atoms with Gasteiger partial charge in [0.25, 0.3) is 0 Å². The van der Waals surface area contributed by atoms with Crippen LogP contribution in [0.2, 0.25) is 0 Å². The molecule has 0 aliphatic rings. The summed E-state index contributed by atoms with van der Waals surface area (Å²) < 4.78 is 16.6.